The molecule has 1 atom stereocenters. The van der Waals surface area contributed by atoms with E-state index in [1.54, 1.807) is 0 Å². The standard InChI is InChI=1S/C6H8N2O2.C4H8O.C2H3ClN2O2.C2HClN2O.Cl2OS/c1-2-9-6-3-5(4-7)8-10-6;1-3-5-4-2;3-2(5-7)1-4-6;3-2(1-4)5-6;1-4(2)3/h6H,2-3H2,1H3;3H,1,4H2,2H3;1,6-7H;6H;/b;;4-1+,5-2-;5-2+;. The molecule has 0 radical (unpaired) electrons. The van der Waals surface area contributed by atoms with Crippen molar-refractivity contribution >= 4 is 76.1 Å². The average Bonchev–Trinajstić information content (AvgIpc) is 3.23. The zero-order chi connectivity index (χ0) is 25.8. The molecule has 0 aromatic heterocycles. The van der Waals surface area contributed by atoms with Crippen molar-refractivity contribution in [2.24, 2.45) is 20.6 Å². The number of nitrogens with zero attached hydrogens (tertiary/aromatic N) is 6. The van der Waals surface area contributed by atoms with E-state index in [0.717, 1.165) is 12.8 Å². The average molecular weight is 558 g/mol. The van der Waals surface area contributed by atoms with Gasteiger partial charge in [-0.3, -0.25) is 0 Å². The zero-order valence-corrected chi connectivity index (χ0v) is 20.5. The Bertz CT molecular complexity index is 707. The first kappa shape index (κ1) is 37.0. The van der Waals surface area contributed by atoms with Crippen molar-refractivity contribution in [1.29, 1.82) is 10.5 Å². The topological polar surface area (TPSA) is 202 Å². The third-order valence-corrected chi connectivity index (χ3v) is 2.18. The molecule has 182 valence electrons. The smallest absolute Gasteiger partial charge is 0.245 e. The normalized spacial score (nSPS) is 14.2. The fourth-order valence-corrected chi connectivity index (χ4v) is 0.953. The first-order valence-electron chi connectivity index (χ1n) is 7.67. The molecule has 3 N–H and O–H groups in total. The van der Waals surface area contributed by atoms with Gasteiger partial charge in [-0.25, -0.2) is 4.21 Å². The Morgan fingerprint density at radius 3 is 2.06 bits per heavy atom. The van der Waals surface area contributed by atoms with E-state index in [2.05, 4.69) is 53.3 Å². The maximum Gasteiger partial charge on any atom is 0.245 e. The van der Waals surface area contributed by atoms with E-state index in [1.165, 1.54) is 12.3 Å². The number of oxime groups is 4. The summed E-state index contributed by atoms with van der Waals surface area (Å²) in [7, 11) is 7.36. The molecular weight excluding hydrogens is 538 g/mol. The Hall–Kier alpha value is -2.33. The molecule has 13 nitrogen and oxygen atoms in total. The molecule has 0 aromatic carbocycles. The van der Waals surface area contributed by atoms with Gasteiger partial charge in [0.2, 0.25) is 20.7 Å². The van der Waals surface area contributed by atoms with E-state index in [-0.39, 0.29) is 11.5 Å². The predicted octanol–water partition coefficient (Wildman–Crippen LogP) is 3.87. The second-order valence-corrected chi connectivity index (χ2v) is 7.09. The number of nitriles is 2. The summed E-state index contributed by atoms with van der Waals surface area (Å²) in [6.07, 6.45) is 2.37. The first-order valence-corrected chi connectivity index (χ1v) is 11.2. The van der Waals surface area contributed by atoms with E-state index in [0.29, 0.717) is 18.7 Å². The second kappa shape index (κ2) is 30.9. The van der Waals surface area contributed by atoms with Crippen LogP contribution in [0.4, 0.5) is 0 Å². The van der Waals surface area contributed by atoms with Gasteiger partial charge >= 0.3 is 0 Å². The number of ether oxygens (including phenoxy) is 2. The van der Waals surface area contributed by atoms with Crippen molar-refractivity contribution in [3.63, 3.8) is 0 Å². The van der Waals surface area contributed by atoms with Gasteiger partial charge in [0.05, 0.1) is 19.3 Å². The highest BCUT2D eigenvalue weighted by molar-refractivity contribution is 8.26. The van der Waals surface area contributed by atoms with Crippen molar-refractivity contribution in [1.82, 2.24) is 0 Å². The van der Waals surface area contributed by atoms with E-state index in [4.69, 9.17) is 63.1 Å². The Morgan fingerprint density at radius 2 is 1.88 bits per heavy atom. The van der Waals surface area contributed by atoms with Gasteiger partial charge in [0.25, 0.3) is 0 Å². The lowest BCUT2D eigenvalue weighted by molar-refractivity contribution is -0.120. The highest BCUT2D eigenvalue weighted by Gasteiger charge is 2.19. The van der Waals surface area contributed by atoms with Gasteiger partial charge in [-0.05, 0) is 25.4 Å². The molecule has 0 fully saturated rings. The van der Waals surface area contributed by atoms with E-state index in [1.807, 2.05) is 19.9 Å². The molecule has 0 aliphatic carbocycles. The van der Waals surface area contributed by atoms with Crippen molar-refractivity contribution < 1.29 is 34.1 Å². The Morgan fingerprint density at radius 1 is 1.31 bits per heavy atom. The maximum atomic E-state index is 9.09. The fourth-order valence-electron chi connectivity index (χ4n) is 0.910. The Balaban J connectivity index is -0.000000160. The highest BCUT2D eigenvalue weighted by atomic mass is 36.0. The highest BCUT2D eigenvalue weighted by Crippen LogP contribution is 2.10. The van der Waals surface area contributed by atoms with Crippen LogP contribution in [-0.2, 0) is 23.5 Å². The van der Waals surface area contributed by atoms with Gasteiger partial charge in [0.1, 0.15) is 18.4 Å². The van der Waals surface area contributed by atoms with Crippen LogP contribution < -0.4 is 0 Å². The van der Waals surface area contributed by atoms with Crippen molar-refractivity contribution in [2.75, 3.05) is 13.2 Å². The molecule has 0 aromatic rings. The summed E-state index contributed by atoms with van der Waals surface area (Å²) in [4.78, 5) is 4.74. The summed E-state index contributed by atoms with van der Waals surface area (Å²) in [6.45, 7) is 8.42. The van der Waals surface area contributed by atoms with Crippen LogP contribution in [0.1, 0.15) is 20.3 Å². The lowest BCUT2D eigenvalue weighted by Crippen LogP contribution is -2.11. The Kier molecular flexibility index (Phi) is 35.7. The molecule has 0 saturated carbocycles. The van der Waals surface area contributed by atoms with Gasteiger partial charge in [-0.1, -0.05) is 38.8 Å². The van der Waals surface area contributed by atoms with Crippen molar-refractivity contribution in [2.45, 2.75) is 26.6 Å². The third-order valence-electron chi connectivity index (χ3n) is 1.85. The maximum absolute atomic E-state index is 9.09. The number of hydrogen-bond acceptors (Lipinski definition) is 13. The summed E-state index contributed by atoms with van der Waals surface area (Å²) in [5, 5.41) is 49.0. The fraction of sp³-hybridized carbons (Fsp3) is 0.429. The molecule has 18 heteroatoms. The molecule has 1 unspecified atom stereocenters. The molecule has 0 spiro atoms. The third kappa shape index (κ3) is 38.3. The van der Waals surface area contributed by atoms with Crippen LogP contribution >= 0.6 is 44.6 Å². The van der Waals surface area contributed by atoms with Gasteiger partial charge in [0.15, 0.2) is 10.9 Å². The number of rotatable bonds is 5. The van der Waals surface area contributed by atoms with Gasteiger partial charge in [-0.15, -0.1) is 0 Å². The molecule has 1 aliphatic heterocycles. The molecule has 1 aliphatic rings. The molecule has 0 bridgehead atoms. The summed E-state index contributed by atoms with van der Waals surface area (Å²) in [5.41, 5.74) is 0.401. The summed E-state index contributed by atoms with van der Waals surface area (Å²) in [6, 6.07) is 3.28. The molecule has 0 saturated heterocycles. The van der Waals surface area contributed by atoms with Crippen molar-refractivity contribution in [3.8, 4) is 12.1 Å². The van der Waals surface area contributed by atoms with Crippen LogP contribution in [0.15, 0.2) is 33.5 Å². The number of halogens is 4. The SMILES string of the molecule is C=COCC.CCOC1CC(C#N)=NO1.N#C/C(Cl)=N\O.O/N=C(Cl)/C=N/O.O=S(Cl)Cl. The van der Waals surface area contributed by atoms with Crippen LogP contribution in [-0.4, -0.2) is 61.6 Å². The second-order valence-electron chi connectivity index (χ2n) is 3.82. The predicted molar refractivity (Wildman–Crippen MR) is 122 cm³/mol. The van der Waals surface area contributed by atoms with E-state index >= 15 is 0 Å². The lowest BCUT2D eigenvalue weighted by Gasteiger charge is -2.05. The largest absolute Gasteiger partial charge is 0.502 e. The van der Waals surface area contributed by atoms with E-state index < -0.39 is 14.4 Å². The van der Waals surface area contributed by atoms with Crippen LogP contribution in [0.25, 0.3) is 0 Å². The zero-order valence-electron chi connectivity index (χ0n) is 16.6. The van der Waals surface area contributed by atoms with Crippen molar-refractivity contribution in [3.05, 3.63) is 12.8 Å². The minimum Gasteiger partial charge on any atom is -0.502 e. The quantitative estimate of drug-likeness (QED) is 0.147. The van der Waals surface area contributed by atoms with Crippen LogP contribution in [0, 0.1) is 22.7 Å². The first-order chi connectivity index (χ1) is 15.1. The van der Waals surface area contributed by atoms with Gasteiger partial charge < -0.3 is 29.9 Å². The minimum atomic E-state index is -1.67. The Labute approximate surface area is 205 Å². The van der Waals surface area contributed by atoms with Gasteiger partial charge in [-0.2, -0.15) is 10.5 Å². The monoisotopic (exact) mass is 556 g/mol. The van der Waals surface area contributed by atoms with Crippen LogP contribution in [0.5, 0.6) is 0 Å². The van der Waals surface area contributed by atoms with Gasteiger partial charge in [0, 0.05) is 28.0 Å². The molecule has 1 rings (SSSR count). The summed E-state index contributed by atoms with van der Waals surface area (Å²) in [5.74, 6) is 0. The minimum absolute atomic E-state index is 0.262. The number of hydrogen-bond donors (Lipinski definition) is 3. The summed E-state index contributed by atoms with van der Waals surface area (Å²) < 4.78 is 18.7. The van der Waals surface area contributed by atoms with Crippen LogP contribution in [0.3, 0.4) is 0 Å². The summed E-state index contributed by atoms with van der Waals surface area (Å²) >= 11 is 9.74. The van der Waals surface area contributed by atoms with E-state index in [9.17, 15) is 0 Å². The molecule has 1 heterocycles. The lowest BCUT2D eigenvalue weighted by atomic mass is 10.3. The molecule has 0 amide bonds. The molecular formula is C14H20Cl4N6O7S. The molecule has 32 heavy (non-hydrogen) atoms. The van der Waals surface area contributed by atoms with Crippen LogP contribution in [0.2, 0.25) is 0 Å².